The molecule has 0 aliphatic heterocycles. The highest BCUT2D eigenvalue weighted by Crippen LogP contribution is 2.09. The fourth-order valence-corrected chi connectivity index (χ4v) is 2.14. The molecule has 0 saturated heterocycles. The van der Waals surface area contributed by atoms with Crippen LogP contribution in [0, 0.1) is 6.92 Å². The number of para-hydroxylation sites is 1. The molecule has 0 aliphatic rings. The molecule has 0 bridgehead atoms. The Hall–Kier alpha value is -2.88. The van der Waals surface area contributed by atoms with Gasteiger partial charge in [-0.25, -0.2) is 4.98 Å². The highest BCUT2D eigenvalue weighted by Gasteiger charge is 2.05. The summed E-state index contributed by atoms with van der Waals surface area (Å²) >= 11 is 0. The summed E-state index contributed by atoms with van der Waals surface area (Å²) < 4.78 is 2.01. The average Bonchev–Trinajstić information content (AvgIpc) is 3.06. The van der Waals surface area contributed by atoms with E-state index in [9.17, 15) is 0 Å². The van der Waals surface area contributed by atoms with E-state index in [0.29, 0.717) is 6.54 Å². The molecular formula is C18H18N4. The van der Waals surface area contributed by atoms with Gasteiger partial charge in [0.15, 0.2) is 0 Å². The highest BCUT2D eigenvalue weighted by atomic mass is 15.3. The minimum Gasteiger partial charge on any atom is -0.331 e. The highest BCUT2D eigenvalue weighted by molar-refractivity contribution is 6.00. The Morgan fingerprint density at radius 3 is 2.55 bits per heavy atom. The third-order valence-electron chi connectivity index (χ3n) is 3.37. The number of hydrogen-bond donors (Lipinski definition) is 1. The summed E-state index contributed by atoms with van der Waals surface area (Å²) in [4.78, 5) is 4.09. The zero-order valence-electron chi connectivity index (χ0n) is 12.5. The van der Waals surface area contributed by atoms with E-state index in [4.69, 9.17) is 0 Å². The van der Waals surface area contributed by atoms with E-state index in [1.807, 2.05) is 41.1 Å². The van der Waals surface area contributed by atoms with E-state index in [2.05, 4.69) is 46.7 Å². The summed E-state index contributed by atoms with van der Waals surface area (Å²) in [6, 6.07) is 18.3. The van der Waals surface area contributed by atoms with Crippen LogP contribution in [0.5, 0.6) is 0 Å². The third kappa shape index (κ3) is 3.61. The molecule has 0 fully saturated rings. The minimum atomic E-state index is 0.670. The minimum absolute atomic E-state index is 0.670. The number of aryl methyl sites for hydroxylation is 1. The zero-order valence-corrected chi connectivity index (χ0v) is 12.5. The Balaban J connectivity index is 1.86. The maximum absolute atomic E-state index is 4.59. The van der Waals surface area contributed by atoms with Gasteiger partial charge in [0.2, 0.25) is 0 Å². The number of anilines is 1. The van der Waals surface area contributed by atoms with Crippen LogP contribution in [0.15, 0.2) is 78.4 Å². The van der Waals surface area contributed by atoms with Crippen LogP contribution in [0.4, 0.5) is 5.69 Å². The van der Waals surface area contributed by atoms with Gasteiger partial charge in [0.25, 0.3) is 0 Å². The molecular weight excluding hydrogens is 272 g/mol. The summed E-state index contributed by atoms with van der Waals surface area (Å²) in [6.45, 7) is 2.75. The summed E-state index contributed by atoms with van der Waals surface area (Å²) in [6.07, 6.45) is 5.51. The first-order valence-electron chi connectivity index (χ1n) is 7.22. The number of aromatic nitrogens is 2. The van der Waals surface area contributed by atoms with Crippen molar-refractivity contribution in [2.24, 2.45) is 5.10 Å². The second-order valence-electron chi connectivity index (χ2n) is 5.14. The lowest BCUT2D eigenvalue weighted by molar-refractivity contribution is 0.848. The second-order valence-corrected chi connectivity index (χ2v) is 5.14. The van der Waals surface area contributed by atoms with Crippen molar-refractivity contribution >= 4 is 11.4 Å². The van der Waals surface area contributed by atoms with E-state index in [0.717, 1.165) is 17.0 Å². The molecule has 3 rings (SSSR count). The Labute approximate surface area is 130 Å². The van der Waals surface area contributed by atoms with Gasteiger partial charge in [0.1, 0.15) is 0 Å². The van der Waals surface area contributed by atoms with Gasteiger partial charge >= 0.3 is 0 Å². The molecule has 0 radical (unpaired) electrons. The van der Waals surface area contributed by atoms with Crippen molar-refractivity contribution in [1.82, 2.24) is 9.55 Å². The number of hydrazone groups is 1. The molecule has 0 amide bonds. The molecule has 22 heavy (non-hydrogen) atoms. The van der Waals surface area contributed by atoms with Crippen LogP contribution < -0.4 is 5.43 Å². The Bertz CT molecular complexity index is 729. The van der Waals surface area contributed by atoms with Crippen molar-refractivity contribution in [2.45, 2.75) is 13.5 Å². The Kier molecular flexibility index (Phi) is 4.30. The predicted molar refractivity (Wildman–Crippen MR) is 90.0 cm³/mol. The van der Waals surface area contributed by atoms with Crippen molar-refractivity contribution in [3.63, 3.8) is 0 Å². The molecule has 4 heteroatoms. The molecule has 1 aromatic heterocycles. The Morgan fingerprint density at radius 1 is 1.09 bits per heavy atom. The van der Waals surface area contributed by atoms with Crippen LogP contribution >= 0.6 is 0 Å². The fourth-order valence-electron chi connectivity index (χ4n) is 2.14. The van der Waals surface area contributed by atoms with Gasteiger partial charge in [-0.15, -0.1) is 0 Å². The first kappa shape index (κ1) is 14.1. The third-order valence-corrected chi connectivity index (χ3v) is 3.37. The number of benzene rings is 2. The summed E-state index contributed by atoms with van der Waals surface area (Å²) in [5.41, 5.74) is 7.39. The predicted octanol–water partition coefficient (Wildman–Crippen LogP) is 3.71. The monoisotopic (exact) mass is 290 g/mol. The summed E-state index contributed by atoms with van der Waals surface area (Å²) in [5.74, 6) is 0. The van der Waals surface area contributed by atoms with Crippen LogP contribution in [0.2, 0.25) is 0 Å². The molecule has 2 aromatic carbocycles. The lowest BCUT2D eigenvalue weighted by Gasteiger charge is -2.09. The Morgan fingerprint density at radius 2 is 1.86 bits per heavy atom. The van der Waals surface area contributed by atoms with Crippen LogP contribution in [0.3, 0.4) is 0 Å². The molecule has 110 valence electrons. The lowest BCUT2D eigenvalue weighted by Crippen LogP contribution is -2.12. The summed E-state index contributed by atoms with van der Waals surface area (Å²) in [5, 5.41) is 4.59. The van der Waals surface area contributed by atoms with Crippen LogP contribution in [0.1, 0.15) is 11.1 Å². The van der Waals surface area contributed by atoms with Gasteiger partial charge in [0.05, 0.1) is 24.3 Å². The zero-order chi connectivity index (χ0) is 15.2. The normalized spacial score (nSPS) is 11.4. The molecule has 0 atom stereocenters. The van der Waals surface area contributed by atoms with Gasteiger partial charge in [-0.2, -0.15) is 5.10 Å². The number of nitrogens with one attached hydrogen (secondary N) is 1. The van der Waals surface area contributed by atoms with E-state index in [-0.39, 0.29) is 0 Å². The van der Waals surface area contributed by atoms with Gasteiger partial charge in [0, 0.05) is 12.4 Å². The maximum Gasteiger partial charge on any atom is 0.0949 e. The van der Waals surface area contributed by atoms with Crippen molar-refractivity contribution in [2.75, 3.05) is 5.43 Å². The largest absolute Gasteiger partial charge is 0.331 e. The van der Waals surface area contributed by atoms with Gasteiger partial charge in [-0.1, -0.05) is 48.0 Å². The SMILES string of the molecule is Cc1ccc(/C(Cn2ccnc2)=N\Nc2ccccc2)cc1. The first-order valence-corrected chi connectivity index (χ1v) is 7.22. The standard InChI is InChI=1S/C18H18N4/c1-15-7-9-16(10-8-15)18(13-22-12-11-19-14-22)21-20-17-5-3-2-4-6-17/h2-12,14,20H,13H2,1H3/b21-18-. The van der Waals surface area contributed by atoms with Gasteiger partial charge < -0.3 is 4.57 Å². The van der Waals surface area contributed by atoms with Crippen molar-refractivity contribution < 1.29 is 0 Å². The van der Waals surface area contributed by atoms with Crippen molar-refractivity contribution in [3.05, 3.63) is 84.4 Å². The molecule has 0 saturated carbocycles. The number of hydrogen-bond acceptors (Lipinski definition) is 3. The number of rotatable bonds is 5. The molecule has 0 unspecified atom stereocenters. The van der Waals surface area contributed by atoms with Crippen molar-refractivity contribution in [1.29, 1.82) is 0 Å². The van der Waals surface area contributed by atoms with E-state index in [1.54, 1.807) is 12.5 Å². The molecule has 0 aliphatic carbocycles. The fraction of sp³-hybridized carbons (Fsp3) is 0.111. The van der Waals surface area contributed by atoms with E-state index < -0.39 is 0 Å². The van der Waals surface area contributed by atoms with Gasteiger partial charge in [-0.05, 0) is 24.6 Å². The van der Waals surface area contributed by atoms with E-state index >= 15 is 0 Å². The van der Waals surface area contributed by atoms with E-state index in [1.165, 1.54) is 5.56 Å². The van der Waals surface area contributed by atoms with Crippen molar-refractivity contribution in [3.8, 4) is 0 Å². The lowest BCUT2D eigenvalue weighted by atomic mass is 10.1. The molecule has 1 N–H and O–H groups in total. The first-order chi connectivity index (χ1) is 10.8. The van der Waals surface area contributed by atoms with Gasteiger partial charge in [-0.3, -0.25) is 5.43 Å². The molecule has 0 spiro atoms. The smallest absolute Gasteiger partial charge is 0.0949 e. The molecule has 3 aromatic rings. The molecule has 4 nitrogen and oxygen atoms in total. The quantitative estimate of drug-likeness (QED) is 0.575. The maximum atomic E-state index is 4.59. The van der Waals surface area contributed by atoms with Crippen LogP contribution in [-0.4, -0.2) is 15.3 Å². The summed E-state index contributed by atoms with van der Waals surface area (Å²) in [7, 11) is 0. The topological polar surface area (TPSA) is 42.2 Å². The second kappa shape index (κ2) is 6.72. The molecule has 1 heterocycles. The number of imidazole rings is 1. The van der Waals surface area contributed by atoms with Crippen LogP contribution in [-0.2, 0) is 6.54 Å². The number of nitrogens with zero attached hydrogens (tertiary/aromatic N) is 3. The average molecular weight is 290 g/mol. The van der Waals surface area contributed by atoms with Crippen LogP contribution in [0.25, 0.3) is 0 Å².